The van der Waals surface area contributed by atoms with Crippen LogP contribution in [0.4, 0.5) is 0 Å². The molecule has 2 rings (SSSR count). The van der Waals surface area contributed by atoms with Crippen LogP contribution in [0.1, 0.15) is 25.8 Å². The quantitative estimate of drug-likeness (QED) is 0.705. The highest BCUT2D eigenvalue weighted by molar-refractivity contribution is 5.74. The maximum atomic E-state index is 5.14. The largest absolute Gasteiger partial charge is 0.497 e. The van der Waals surface area contributed by atoms with Crippen LogP contribution in [0.5, 0.6) is 5.75 Å². The van der Waals surface area contributed by atoms with E-state index in [-0.39, 0.29) is 0 Å². The second-order valence-electron chi connectivity index (χ2n) is 4.04. The number of methoxy groups -OCH3 is 1. The lowest BCUT2D eigenvalue weighted by Crippen LogP contribution is -1.85. The van der Waals surface area contributed by atoms with Crippen LogP contribution >= 0.6 is 0 Å². The summed E-state index contributed by atoms with van der Waals surface area (Å²) in [5.74, 6) is 0.916. The molecular weight excluding hydrogens is 184 g/mol. The van der Waals surface area contributed by atoms with Crippen LogP contribution in [0.3, 0.4) is 0 Å². The van der Waals surface area contributed by atoms with Gasteiger partial charge in [0.2, 0.25) is 0 Å². The molecule has 0 aromatic heterocycles. The van der Waals surface area contributed by atoms with Crippen molar-refractivity contribution in [3.63, 3.8) is 0 Å². The fourth-order valence-electron chi connectivity index (χ4n) is 1.85. The average molecular weight is 200 g/mol. The van der Waals surface area contributed by atoms with Crippen molar-refractivity contribution in [2.45, 2.75) is 20.3 Å². The summed E-state index contributed by atoms with van der Waals surface area (Å²) in [5.41, 5.74) is 5.58. The molecule has 0 saturated heterocycles. The molecule has 15 heavy (non-hydrogen) atoms. The van der Waals surface area contributed by atoms with Gasteiger partial charge in [0.15, 0.2) is 0 Å². The Morgan fingerprint density at radius 3 is 2.20 bits per heavy atom. The van der Waals surface area contributed by atoms with Gasteiger partial charge in [0, 0.05) is 0 Å². The second kappa shape index (κ2) is 3.93. The molecule has 0 N–H and O–H groups in total. The van der Waals surface area contributed by atoms with E-state index in [1.54, 1.807) is 7.11 Å². The number of allylic oxidation sites excluding steroid dienone is 4. The molecule has 0 atom stereocenters. The van der Waals surface area contributed by atoms with Crippen LogP contribution in [0.25, 0.3) is 5.57 Å². The number of rotatable bonds is 2. The summed E-state index contributed by atoms with van der Waals surface area (Å²) in [4.78, 5) is 0. The molecule has 1 nitrogen and oxygen atoms in total. The van der Waals surface area contributed by atoms with Crippen LogP contribution in [-0.2, 0) is 0 Å². The summed E-state index contributed by atoms with van der Waals surface area (Å²) in [5, 5.41) is 0. The van der Waals surface area contributed by atoms with E-state index in [2.05, 4.69) is 32.1 Å². The third-order valence-electron chi connectivity index (χ3n) is 2.98. The fraction of sp³-hybridized carbons (Fsp3) is 0.286. The first-order chi connectivity index (χ1) is 7.20. The predicted octanol–water partition coefficient (Wildman–Crippen LogP) is 3.82. The Morgan fingerprint density at radius 1 is 1.07 bits per heavy atom. The van der Waals surface area contributed by atoms with Gasteiger partial charge in [-0.25, -0.2) is 0 Å². The van der Waals surface area contributed by atoms with E-state index in [9.17, 15) is 0 Å². The summed E-state index contributed by atoms with van der Waals surface area (Å²) in [6.07, 6.45) is 3.36. The highest BCUT2D eigenvalue weighted by Crippen LogP contribution is 2.32. The molecule has 0 spiro atoms. The minimum absolute atomic E-state index is 0.916. The van der Waals surface area contributed by atoms with E-state index in [0.29, 0.717) is 0 Å². The van der Waals surface area contributed by atoms with Crippen molar-refractivity contribution in [3.05, 3.63) is 47.1 Å². The smallest absolute Gasteiger partial charge is 0.118 e. The molecule has 0 aliphatic heterocycles. The number of hydrogen-bond donors (Lipinski definition) is 0. The Hall–Kier alpha value is -1.50. The molecule has 0 bridgehead atoms. The van der Waals surface area contributed by atoms with Crippen molar-refractivity contribution in [1.82, 2.24) is 0 Å². The van der Waals surface area contributed by atoms with Crippen molar-refractivity contribution in [1.29, 1.82) is 0 Å². The van der Waals surface area contributed by atoms with Crippen molar-refractivity contribution in [2.75, 3.05) is 7.11 Å². The van der Waals surface area contributed by atoms with Gasteiger partial charge in [-0.2, -0.15) is 0 Å². The normalized spacial score (nSPS) is 15.5. The predicted molar refractivity (Wildman–Crippen MR) is 64.0 cm³/mol. The zero-order valence-corrected chi connectivity index (χ0v) is 9.50. The minimum atomic E-state index is 0.916. The zero-order valence-electron chi connectivity index (χ0n) is 9.50. The molecule has 1 heteroatoms. The van der Waals surface area contributed by atoms with Crippen LogP contribution in [0.15, 0.2) is 41.5 Å². The summed E-state index contributed by atoms with van der Waals surface area (Å²) in [7, 11) is 1.69. The molecule has 1 aromatic rings. The van der Waals surface area contributed by atoms with Gasteiger partial charge in [-0.1, -0.05) is 29.4 Å². The molecule has 78 valence electrons. The van der Waals surface area contributed by atoms with E-state index in [1.165, 1.54) is 22.3 Å². The van der Waals surface area contributed by atoms with Gasteiger partial charge < -0.3 is 4.74 Å². The maximum absolute atomic E-state index is 5.14. The monoisotopic (exact) mass is 200 g/mol. The van der Waals surface area contributed by atoms with Crippen molar-refractivity contribution in [3.8, 4) is 5.75 Å². The number of hydrogen-bond acceptors (Lipinski definition) is 1. The van der Waals surface area contributed by atoms with Crippen LogP contribution < -0.4 is 4.74 Å². The molecule has 1 aliphatic rings. The van der Waals surface area contributed by atoms with E-state index >= 15 is 0 Å². The molecule has 0 amide bonds. The van der Waals surface area contributed by atoms with E-state index < -0.39 is 0 Å². The Morgan fingerprint density at radius 2 is 1.73 bits per heavy atom. The Bertz CT molecular complexity index is 421. The number of ether oxygens (including phenoxy) is 1. The Balaban J connectivity index is 2.23. The molecule has 0 unspecified atom stereocenters. The lowest BCUT2D eigenvalue weighted by Gasteiger charge is -2.04. The first kappa shape index (κ1) is 10.0. The molecule has 1 aliphatic carbocycles. The molecule has 1 aromatic carbocycles. The first-order valence-corrected chi connectivity index (χ1v) is 5.22. The average Bonchev–Trinajstić information content (AvgIpc) is 2.59. The van der Waals surface area contributed by atoms with E-state index in [1.807, 2.05) is 12.1 Å². The van der Waals surface area contributed by atoms with Gasteiger partial charge in [0.25, 0.3) is 0 Å². The SMILES string of the molecule is COc1ccc(C2=CC(C)=C(C)C2)cc1. The summed E-state index contributed by atoms with van der Waals surface area (Å²) < 4.78 is 5.14. The van der Waals surface area contributed by atoms with Crippen molar-refractivity contribution >= 4 is 5.57 Å². The topological polar surface area (TPSA) is 9.23 Å². The van der Waals surface area contributed by atoms with Gasteiger partial charge in [-0.3, -0.25) is 0 Å². The van der Waals surface area contributed by atoms with E-state index in [4.69, 9.17) is 4.74 Å². The number of benzene rings is 1. The highest BCUT2D eigenvalue weighted by atomic mass is 16.5. The fourth-order valence-corrected chi connectivity index (χ4v) is 1.85. The Labute approximate surface area is 91.1 Å². The summed E-state index contributed by atoms with van der Waals surface area (Å²) >= 11 is 0. The lowest BCUT2D eigenvalue weighted by molar-refractivity contribution is 0.415. The van der Waals surface area contributed by atoms with Gasteiger partial charge >= 0.3 is 0 Å². The van der Waals surface area contributed by atoms with Crippen molar-refractivity contribution < 1.29 is 4.74 Å². The zero-order chi connectivity index (χ0) is 10.8. The first-order valence-electron chi connectivity index (χ1n) is 5.22. The third kappa shape index (κ3) is 1.96. The highest BCUT2D eigenvalue weighted by Gasteiger charge is 2.10. The lowest BCUT2D eigenvalue weighted by atomic mass is 10.0. The van der Waals surface area contributed by atoms with Gasteiger partial charge in [0.05, 0.1) is 7.11 Å². The van der Waals surface area contributed by atoms with Crippen molar-refractivity contribution in [2.24, 2.45) is 0 Å². The second-order valence-corrected chi connectivity index (χ2v) is 4.04. The van der Waals surface area contributed by atoms with Crippen LogP contribution in [0, 0.1) is 0 Å². The summed E-state index contributed by atoms with van der Waals surface area (Å²) in [6, 6.07) is 8.27. The third-order valence-corrected chi connectivity index (χ3v) is 2.98. The Kier molecular flexibility index (Phi) is 2.63. The molecular formula is C14H16O. The molecule has 0 heterocycles. The maximum Gasteiger partial charge on any atom is 0.118 e. The van der Waals surface area contributed by atoms with Crippen LogP contribution in [0.2, 0.25) is 0 Å². The van der Waals surface area contributed by atoms with Gasteiger partial charge in [-0.15, -0.1) is 0 Å². The van der Waals surface area contributed by atoms with Gasteiger partial charge in [-0.05, 0) is 43.5 Å². The van der Waals surface area contributed by atoms with Crippen LogP contribution in [-0.4, -0.2) is 7.11 Å². The van der Waals surface area contributed by atoms with Gasteiger partial charge in [0.1, 0.15) is 5.75 Å². The molecule has 0 fully saturated rings. The molecule has 0 radical (unpaired) electrons. The van der Waals surface area contributed by atoms with E-state index in [0.717, 1.165) is 12.2 Å². The molecule has 0 saturated carbocycles. The standard InChI is InChI=1S/C14H16O/c1-10-8-13(9-11(10)2)12-4-6-14(15-3)7-5-12/h4-8H,9H2,1-3H3. The summed E-state index contributed by atoms with van der Waals surface area (Å²) in [6.45, 7) is 4.37. The minimum Gasteiger partial charge on any atom is -0.497 e.